The number of nitrogens with zero attached hydrogens (tertiary/aromatic N) is 2. The van der Waals surface area contributed by atoms with E-state index in [1.807, 2.05) is 4.90 Å². The van der Waals surface area contributed by atoms with Gasteiger partial charge in [-0.15, -0.1) is 0 Å². The van der Waals surface area contributed by atoms with E-state index in [0.717, 1.165) is 31.9 Å². The van der Waals surface area contributed by atoms with E-state index >= 15 is 0 Å². The smallest absolute Gasteiger partial charge is 0.250 e. The van der Waals surface area contributed by atoms with Gasteiger partial charge in [0.25, 0.3) is 5.91 Å². The van der Waals surface area contributed by atoms with Gasteiger partial charge in [-0.25, -0.2) is 4.39 Å². The van der Waals surface area contributed by atoms with Gasteiger partial charge in [0, 0.05) is 31.9 Å². The number of carbonyl (C=O) groups excluding carboxylic acids is 2. The summed E-state index contributed by atoms with van der Waals surface area (Å²) in [4.78, 5) is 27.9. The Morgan fingerprint density at radius 3 is 2.31 bits per heavy atom. The highest BCUT2D eigenvalue weighted by molar-refractivity contribution is 6.03. The first-order chi connectivity index (χ1) is 12.5. The summed E-state index contributed by atoms with van der Waals surface area (Å²) in [5, 5.41) is 2.75. The molecule has 7 heteroatoms. The maximum atomic E-state index is 13.0. The number of primary amides is 1. The van der Waals surface area contributed by atoms with Gasteiger partial charge in [-0.3, -0.25) is 14.5 Å². The van der Waals surface area contributed by atoms with E-state index in [0.29, 0.717) is 11.3 Å². The average Bonchev–Trinajstić information content (AvgIpc) is 2.63. The molecule has 3 rings (SSSR count). The summed E-state index contributed by atoms with van der Waals surface area (Å²) in [6.07, 6.45) is 0. The Morgan fingerprint density at radius 1 is 1.00 bits per heavy atom. The van der Waals surface area contributed by atoms with Gasteiger partial charge in [0.15, 0.2) is 0 Å². The molecule has 2 aromatic rings. The molecule has 26 heavy (non-hydrogen) atoms. The topological polar surface area (TPSA) is 78.7 Å². The molecule has 0 aliphatic carbocycles. The van der Waals surface area contributed by atoms with Crippen LogP contribution in [0.1, 0.15) is 10.4 Å². The lowest BCUT2D eigenvalue weighted by Gasteiger charge is -2.35. The second kappa shape index (κ2) is 7.97. The van der Waals surface area contributed by atoms with Crippen molar-refractivity contribution in [1.29, 1.82) is 0 Å². The second-order valence-electron chi connectivity index (χ2n) is 6.20. The molecule has 6 nitrogen and oxygen atoms in total. The Labute approximate surface area is 151 Å². The number of amides is 2. The normalized spacial score (nSPS) is 14.9. The number of benzene rings is 2. The molecule has 0 saturated carbocycles. The molecule has 1 saturated heterocycles. The fourth-order valence-electron chi connectivity index (χ4n) is 3.02. The summed E-state index contributed by atoms with van der Waals surface area (Å²) in [5.41, 5.74) is 7.02. The van der Waals surface area contributed by atoms with Gasteiger partial charge >= 0.3 is 0 Å². The molecule has 0 atom stereocenters. The first-order valence-electron chi connectivity index (χ1n) is 8.44. The second-order valence-corrected chi connectivity index (χ2v) is 6.20. The molecule has 2 amide bonds. The molecule has 0 unspecified atom stereocenters. The van der Waals surface area contributed by atoms with Crippen molar-refractivity contribution >= 4 is 23.2 Å². The minimum absolute atomic E-state index is 0.186. The predicted octanol–water partition coefficient (Wildman–Crippen LogP) is 1.69. The Kier molecular flexibility index (Phi) is 5.48. The summed E-state index contributed by atoms with van der Waals surface area (Å²) in [6, 6.07) is 13.1. The molecule has 1 fully saturated rings. The van der Waals surface area contributed by atoms with Gasteiger partial charge in [0.2, 0.25) is 5.91 Å². The van der Waals surface area contributed by atoms with E-state index in [1.165, 1.54) is 12.1 Å². The Hall–Kier alpha value is -2.93. The molecule has 3 N–H and O–H groups in total. The number of anilines is 2. The standard InChI is InChI=1S/C19H21FN4O2/c20-14-5-7-15(8-6-14)24-11-9-23(10-12-24)13-18(25)22-17-4-2-1-3-16(17)19(21)26/h1-8H,9-13H2,(H2,21,26)(H,22,25). The van der Waals surface area contributed by atoms with Crippen LogP contribution in [-0.4, -0.2) is 49.4 Å². The number of para-hydroxylation sites is 1. The summed E-state index contributed by atoms with van der Waals surface area (Å²) in [6.45, 7) is 3.21. The first-order valence-corrected chi connectivity index (χ1v) is 8.44. The van der Waals surface area contributed by atoms with E-state index in [1.54, 1.807) is 36.4 Å². The lowest BCUT2D eigenvalue weighted by atomic mass is 10.1. The van der Waals surface area contributed by atoms with Gasteiger partial charge in [-0.1, -0.05) is 12.1 Å². The molecule has 0 spiro atoms. The first kappa shape index (κ1) is 17.9. The quantitative estimate of drug-likeness (QED) is 0.854. The maximum absolute atomic E-state index is 13.0. The molecule has 0 radical (unpaired) electrons. The van der Waals surface area contributed by atoms with Crippen LogP contribution in [0, 0.1) is 5.82 Å². The molecule has 1 aliphatic rings. The Morgan fingerprint density at radius 2 is 1.65 bits per heavy atom. The van der Waals surface area contributed by atoms with Gasteiger partial charge in [-0.05, 0) is 36.4 Å². The number of nitrogens with two attached hydrogens (primary N) is 1. The number of halogens is 1. The van der Waals surface area contributed by atoms with Gasteiger partial charge in [0.1, 0.15) is 5.82 Å². The highest BCUT2D eigenvalue weighted by Crippen LogP contribution is 2.17. The highest BCUT2D eigenvalue weighted by Gasteiger charge is 2.20. The number of nitrogens with one attached hydrogen (secondary N) is 1. The SMILES string of the molecule is NC(=O)c1ccccc1NC(=O)CN1CCN(c2ccc(F)cc2)CC1. The largest absolute Gasteiger partial charge is 0.369 e. The van der Waals surface area contributed by atoms with Crippen LogP contribution < -0.4 is 16.0 Å². The average molecular weight is 356 g/mol. The van der Waals surface area contributed by atoms with Crippen molar-refractivity contribution in [2.45, 2.75) is 0 Å². The van der Waals surface area contributed by atoms with E-state index in [4.69, 9.17) is 5.73 Å². The zero-order valence-corrected chi connectivity index (χ0v) is 14.3. The summed E-state index contributed by atoms with van der Waals surface area (Å²) >= 11 is 0. The van der Waals surface area contributed by atoms with Gasteiger partial charge in [-0.2, -0.15) is 0 Å². The van der Waals surface area contributed by atoms with Crippen LogP contribution in [0.3, 0.4) is 0 Å². The van der Waals surface area contributed by atoms with Crippen LogP contribution in [0.5, 0.6) is 0 Å². The van der Waals surface area contributed by atoms with Crippen LogP contribution in [0.25, 0.3) is 0 Å². The van der Waals surface area contributed by atoms with Crippen molar-refractivity contribution in [2.75, 3.05) is 42.9 Å². The molecule has 0 bridgehead atoms. The summed E-state index contributed by atoms with van der Waals surface area (Å²) < 4.78 is 13.0. The van der Waals surface area contributed by atoms with Crippen LogP contribution in [0.15, 0.2) is 48.5 Å². The molecule has 0 aromatic heterocycles. The Bertz CT molecular complexity index is 786. The monoisotopic (exact) mass is 356 g/mol. The Balaban J connectivity index is 1.52. The zero-order chi connectivity index (χ0) is 18.5. The van der Waals surface area contributed by atoms with Crippen molar-refractivity contribution in [3.8, 4) is 0 Å². The third kappa shape index (κ3) is 4.37. The fourth-order valence-corrected chi connectivity index (χ4v) is 3.02. The third-order valence-electron chi connectivity index (χ3n) is 4.40. The van der Waals surface area contributed by atoms with Crippen LogP contribution in [-0.2, 0) is 4.79 Å². The minimum Gasteiger partial charge on any atom is -0.369 e. The zero-order valence-electron chi connectivity index (χ0n) is 14.3. The lowest BCUT2D eigenvalue weighted by molar-refractivity contribution is -0.117. The number of rotatable bonds is 5. The van der Waals surface area contributed by atoms with Crippen molar-refractivity contribution in [1.82, 2.24) is 4.90 Å². The fraction of sp³-hybridized carbons (Fsp3) is 0.263. The third-order valence-corrected chi connectivity index (χ3v) is 4.40. The van der Waals surface area contributed by atoms with Crippen LogP contribution in [0.2, 0.25) is 0 Å². The molecule has 1 aliphatic heterocycles. The van der Waals surface area contributed by atoms with Crippen molar-refractivity contribution in [2.24, 2.45) is 5.73 Å². The number of carbonyl (C=O) groups is 2. The van der Waals surface area contributed by atoms with Crippen molar-refractivity contribution in [3.05, 3.63) is 59.9 Å². The van der Waals surface area contributed by atoms with Gasteiger partial charge < -0.3 is 16.0 Å². The highest BCUT2D eigenvalue weighted by atomic mass is 19.1. The number of hydrogen-bond donors (Lipinski definition) is 2. The predicted molar refractivity (Wildman–Crippen MR) is 98.6 cm³/mol. The molecule has 136 valence electrons. The van der Waals surface area contributed by atoms with E-state index in [-0.39, 0.29) is 18.3 Å². The van der Waals surface area contributed by atoms with Gasteiger partial charge in [0.05, 0.1) is 17.8 Å². The minimum atomic E-state index is -0.575. The van der Waals surface area contributed by atoms with E-state index in [2.05, 4.69) is 10.2 Å². The summed E-state index contributed by atoms with van der Waals surface area (Å²) in [7, 11) is 0. The van der Waals surface area contributed by atoms with Crippen LogP contribution in [0.4, 0.5) is 15.8 Å². The molecular weight excluding hydrogens is 335 g/mol. The van der Waals surface area contributed by atoms with Crippen molar-refractivity contribution in [3.63, 3.8) is 0 Å². The van der Waals surface area contributed by atoms with E-state index in [9.17, 15) is 14.0 Å². The van der Waals surface area contributed by atoms with Crippen LogP contribution >= 0.6 is 0 Å². The van der Waals surface area contributed by atoms with E-state index < -0.39 is 5.91 Å². The molecular formula is C19H21FN4O2. The number of piperazine rings is 1. The number of hydrogen-bond acceptors (Lipinski definition) is 4. The maximum Gasteiger partial charge on any atom is 0.250 e. The summed E-state index contributed by atoms with van der Waals surface area (Å²) in [5.74, 6) is -1.01. The molecule has 2 aromatic carbocycles. The molecule has 1 heterocycles. The van der Waals surface area contributed by atoms with Crippen molar-refractivity contribution < 1.29 is 14.0 Å². The lowest BCUT2D eigenvalue weighted by Crippen LogP contribution is -2.48.